The van der Waals surface area contributed by atoms with Gasteiger partial charge in [0.05, 0.1) is 38.2 Å². The molecule has 0 spiro atoms. The zero-order chi connectivity index (χ0) is 26.3. The molecular formula is C27H29F2N5O4. The van der Waals surface area contributed by atoms with E-state index < -0.39 is 11.6 Å². The molecule has 1 saturated heterocycles. The van der Waals surface area contributed by atoms with Crippen LogP contribution in [0.25, 0.3) is 11.3 Å². The van der Waals surface area contributed by atoms with Gasteiger partial charge in [-0.05, 0) is 37.1 Å². The fourth-order valence-corrected chi connectivity index (χ4v) is 4.28. The summed E-state index contributed by atoms with van der Waals surface area (Å²) in [7, 11) is 0. The minimum atomic E-state index is -0.663. The Bertz CT molecular complexity index is 1290. The quantitative estimate of drug-likeness (QED) is 0.531. The van der Waals surface area contributed by atoms with Gasteiger partial charge in [0, 0.05) is 49.6 Å². The molecule has 9 nitrogen and oxygen atoms in total. The number of hydrogen-bond donors (Lipinski definition) is 2. The molecule has 5 rings (SSSR count). The Morgan fingerprint density at radius 2 is 1.79 bits per heavy atom. The van der Waals surface area contributed by atoms with Gasteiger partial charge in [0.1, 0.15) is 23.0 Å². The van der Waals surface area contributed by atoms with Crippen molar-refractivity contribution in [3.63, 3.8) is 0 Å². The fraction of sp³-hybridized carbons (Fsp3) is 0.370. The van der Waals surface area contributed by atoms with Crippen molar-refractivity contribution in [3.05, 3.63) is 59.8 Å². The molecule has 11 heteroatoms. The van der Waals surface area contributed by atoms with E-state index in [1.807, 2.05) is 0 Å². The van der Waals surface area contributed by atoms with Gasteiger partial charge in [-0.3, -0.25) is 9.69 Å². The first kappa shape index (κ1) is 25.8. The number of morpholine rings is 1. The van der Waals surface area contributed by atoms with Crippen LogP contribution in [0, 0.1) is 11.6 Å². The van der Waals surface area contributed by atoms with Crippen LogP contribution in [0.5, 0.6) is 11.5 Å². The lowest BCUT2D eigenvalue weighted by Gasteiger charge is -2.26. The van der Waals surface area contributed by atoms with Crippen molar-refractivity contribution in [1.82, 2.24) is 20.2 Å². The third kappa shape index (κ3) is 6.35. The van der Waals surface area contributed by atoms with Crippen LogP contribution >= 0.6 is 0 Å². The summed E-state index contributed by atoms with van der Waals surface area (Å²) in [5.74, 6) is -0.670. The summed E-state index contributed by atoms with van der Waals surface area (Å²) >= 11 is 0. The summed E-state index contributed by atoms with van der Waals surface area (Å²) in [6, 6.07) is 8.96. The maximum absolute atomic E-state index is 14.7. The number of ether oxygens (including phenoxy) is 3. The van der Waals surface area contributed by atoms with E-state index in [1.54, 1.807) is 18.2 Å². The fourth-order valence-electron chi connectivity index (χ4n) is 4.28. The number of aromatic nitrogens is 2. The minimum absolute atomic E-state index is 0.0138. The van der Waals surface area contributed by atoms with E-state index in [0.717, 1.165) is 25.8 Å². The van der Waals surface area contributed by atoms with Gasteiger partial charge in [-0.15, -0.1) is 0 Å². The van der Waals surface area contributed by atoms with Gasteiger partial charge < -0.3 is 24.8 Å². The Hall–Kier alpha value is -3.83. The SMILES string of the molecule is O=C(NCCN1CCOCC1)c1ccc2cc1OCCCCOc1cc(F)ccc1-c1nc(ncc1F)N2. The molecule has 2 aromatic carbocycles. The van der Waals surface area contributed by atoms with Gasteiger partial charge in [0.25, 0.3) is 5.91 Å². The number of nitrogens with one attached hydrogen (secondary N) is 2. The molecule has 200 valence electrons. The molecule has 38 heavy (non-hydrogen) atoms. The van der Waals surface area contributed by atoms with Crippen molar-refractivity contribution in [2.45, 2.75) is 12.8 Å². The summed E-state index contributed by atoms with van der Waals surface area (Å²) in [6.07, 6.45) is 2.28. The number of carbonyl (C=O) groups is 1. The normalized spacial score (nSPS) is 16.1. The molecule has 0 atom stereocenters. The highest BCUT2D eigenvalue weighted by Crippen LogP contribution is 2.33. The largest absolute Gasteiger partial charge is 0.493 e. The Balaban J connectivity index is 1.37. The van der Waals surface area contributed by atoms with Gasteiger partial charge >= 0.3 is 0 Å². The number of fused-ring (bicyclic) bond motifs is 6. The lowest BCUT2D eigenvalue weighted by atomic mass is 10.1. The summed E-state index contributed by atoms with van der Waals surface area (Å²) in [5, 5.41) is 6.01. The molecule has 3 aromatic rings. The first-order valence-corrected chi connectivity index (χ1v) is 12.6. The first-order chi connectivity index (χ1) is 18.6. The van der Waals surface area contributed by atoms with Crippen molar-refractivity contribution in [3.8, 4) is 22.8 Å². The van der Waals surface area contributed by atoms with E-state index in [9.17, 15) is 13.6 Å². The standard InChI is InChI=1S/C27H29F2N5O4/c28-18-3-5-20-23(15-18)37-11-1-2-12-38-24-16-19(32-27-31-17-22(29)25(20)33-27)4-6-21(24)26(35)30-7-8-34-9-13-36-14-10-34/h3-6,15-17H,1-2,7-14H2,(H,30,35)(H,31,32,33). The molecule has 2 aliphatic heterocycles. The average Bonchev–Trinajstić information content (AvgIpc) is 2.92. The van der Waals surface area contributed by atoms with Crippen LogP contribution in [0.4, 0.5) is 20.4 Å². The molecule has 3 heterocycles. The summed E-state index contributed by atoms with van der Waals surface area (Å²) in [5.41, 5.74) is 1.28. The summed E-state index contributed by atoms with van der Waals surface area (Å²) in [6.45, 7) is 4.96. The molecule has 0 unspecified atom stereocenters. The number of rotatable bonds is 4. The number of hydrogen-bond acceptors (Lipinski definition) is 8. The smallest absolute Gasteiger partial charge is 0.255 e. The highest BCUT2D eigenvalue weighted by atomic mass is 19.1. The van der Waals surface area contributed by atoms with Crippen LogP contribution in [-0.4, -0.2) is 73.4 Å². The molecular weight excluding hydrogens is 496 g/mol. The number of halogens is 2. The van der Waals surface area contributed by atoms with Crippen molar-refractivity contribution >= 4 is 17.5 Å². The van der Waals surface area contributed by atoms with Crippen LogP contribution in [0.2, 0.25) is 0 Å². The number of amides is 1. The van der Waals surface area contributed by atoms with E-state index >= 15 is 0 Å². The zero-order valence-corrected chi connectivity index (χ0v) is 20.8. The summed E-state index contributed by atoms with van der Waals surface area (Å²) in [4.78, 5) is 23.6. The third-order valence-electron chi connectivity index (χ3n) is 6.30. The van der Waals surface area contributed by atoms with Crippen molar-refractivity contribution in [1.29, 1.82) is 0 Å². The molecule has 0 aliphatic carbocycles. The van der Waals surface area contributed by atoms with E-state index in [0.29, 0.717) is 61.8 Å². The third-order valence-corrected chi connectivity index (χ3v) is 6.30. The van der Waals surface area contributed by atoms with E-state index in [-0.39, 0.29) is 29.9 Å². The molecule has 4 bridgehead atoms. The Labute approximate surface area is 219 Å². The monoisotopic (exact) mass is 525 g/mol. The Morgan fingerprint density at radius 3 is 2.61 bits per heavy atom. The van der Waals surface area contributed by atoms with Crippen LogP contribution in [0.15, 0.2) is 42.6 Å². The second-order valence-corrected chi connectivity index (χ2v) is 8.98. The Morgan fingerprint density at radius 1 is 1.00 bits per heavy atom. The van der Waals surface area contributed by atoms with Crippen LogP contribution < -0.4 is 20.1 Å². The second-order valence-electron chi connectivity index (χ2n) is 8.98. The molecule has 1 fully saturated rings. The first-order valence-electron chi connectivity index (χ1n) is 12.6. The minimum Gasteiger partial charge on any atom is -0.493 e. The summed E-state index contributed by atoms with van der Waals surface area (Å²) < 4.78 is 45.8. The van der Waals surface area contributed by atoms with Gasteiger partial charge in [0.15, 0.2) is 5.82 Å². The number of nitrogens with zero attached hydrogens (tertiary/aromatic N) is 3. The predicted octanol–water partition coefficient (Wildman–Crippen LogP) is 3.78. The molecule has 2 N–H and O–H groups in total. The topological polar surface area (TPSA) is 97.8 Å². The van der Waals surface area contributed by atoms with Crippen molar-refractivity contribution < 1.29 is 27.8 Å². The molecule has 0 radical (unpaired) electrons. The number of carbonyl (C=O) groups excluding carboxylic acids is 1. The molecule has 1 aromatic heterocycles. The molecule has 2 aliphatic rings. The van der Waals surface area contributed by atoms with Crippen molar-refractivity contribution in [2.24, 2.45) is 0 Å². The van der Waals surface area contributed by atoms with Gasteiger partial charge in [-0.25, -0.2) is 18.7 Å². The van der Waals surface area contributed by atoms with Crippen molar-refractivity contribution in [2.75, 3.05) is 57.9 Å². The molecule has 0 saturated carbocycles. The zero-order valence-electron chi connectivity index (χ0n) is 20.8. The van der Waals surface area contributed by atoms with Gasteiger partial charge in [0.2, 0.25) is 5.95 Å². The highest BCUT2D eigenvalue weighted by Gasteiger charge is 2.18. The van der Waals surface area contributed by atoms with Crippen LogP contribution in [0.1, 0.15) is 23.2 Å². The number of benzene rings is 2. The lowest BCUT2D eigenvalue weighted by Crippen LogP contribution is -2.41. The predicted molar refractivity (Wildman–Crippen MR) is 137 cm³/mol. The van der Waals surface area contributed by atoms with E-state index in [4.69, 9.17) is 14.2 Å². The maximum Gasteiger partial charge on any atom is 0.255 e. The van der Waals surface area contributed by atoms with Crippen LogP contribution in [0.3, 0.4) is 0 Å². The lowest BCUT2D eigenvalue weighted by molar-refractivity contribution is 0.0383. The van der Waals surface area contributed by atoms with E-state index in [2.05, 4.69) is 25.5 Å². The number of anilines is 2. The van der Waals surface area contributed by atoms with Crippen LogP contribution in [-0.2, 0) is 4.74 Å². The van der Waals surface area contributed by atoms with Gasteiger partial charge in [-0.2, -0.15) is 0 Å². The van der Waals surface area contributed by atoms with E-state index in [1.165, 1.54) is 18.2 Å². The Kier molecular flexibility index (Phi) is 8.25. The maximum atomic E-state index is 14.7. The molecule has 1 amide bonds. The van der Waals surface area contributed by atoms with Gasteiger partial charge in [-0.1, -0.05) is 0 Å². The second kappa shape index (κ2) is 12.1. The highest BCUT2D eigenvalue weighted by molar-refractivity contribution is 5.97. The average molecular weight is 526 g/mol.